The fourth-order valence-corrected chi connectivity index (χ4v) is 3.69. The van der Waals surface area contributed by atoms with Crippen LogP contribution in [0.5, 0.6) is 0 Å². The number of hydrogen-bond donors (Lipinski definition) is 1. The van der Waals surface area contributed by atoms with Gasteiger partial charge in [-0.05, 0) is 38.8 Å². The highest BCUT2D eigenvalue weighted by molar-refractivity contribution is 6.15. The van der Waals surface area contributed by atoms with Crippen molar-refractivity contribution in [2.45, 2.75) is 38.6 Å². The number of ketones is 1. The third-order valence-corrected chi connectivity index (χ3v) is 5.30. The lowest BCUT2D eigenvalue weighted by Crippen LogP contribution is -2.39. The summed E-state index contributed by atoms with van der Waals surface area (Å²) in [5, 5.41) is 2.98. The van der Waals surface area contributed by atoms with Gasteiger partial charge in [0.25, 0.3) is 5.91 Å². The summed E-state index contributed by atoms with van der Waals surface area (Å²) in [5.74, 6) is -0.301. The number of benzene rings is 2. The Bertz CT molecular complexity index is 773. The minimum absolute atomic E-state index is 0.122. The van der Waals surface area contributed by atoms with E-state index in [1.165, 1.54) is 19.3 Å². The highest BCUT2D eigenvalue weighted by Gasteiger charge is 2.19. The van der Waals surface area contributed by atoms with Crippen molar-refractivity contribution in [3.05, 3.63) is 71.3 Å². The van der Waals surface area contributed by atoms with E-state index in [4.69, 9.17) is 0 Å². The zero-order valence-corrected chi connectivity index (χ0v) is 16.0. The number of piperidine rings is 1. The van der Waals surface area contributed by atoms with Crippen molar-refractivity contribution in [2.75, 3.05) is 19.6 Å². The van der Waals surface area contributed by atoms with Crippen molar-refractivity contribution < 1.29 is 9.59 Å². The molecule has 3 rings (SSSR count). The lowest BCUT2D eigenvalue weighted by atomic mass is 9.98. The second kappa shape index (κ2) is 9.47. The van der Waals surface area contributed by atoms with Crippen LogP contribution in [0.15, 0.2) is 54.6 Å². The lowest BCUT2D eigenvalue weighted by molar-refractivity contribution is 0.0938. The van der Waals surface area contributed by atoms with Gasteiger partial charge in [-0.2, -0.15) is 0 Å². The number of rotatable bonds is 7. The van der Waals surface area contributed by atoms with Crippen LogP contribution < -0.4 is 5.32 Å². The average molecular weight is 364 g/mol. The van der Waals surface area contributed by atoms with Gasteiger partial charge in [0.15, 0.2) is 5.78 Å². The zero-order valence-electron chi connectivity index (χ0n) is 16.0. The molecule has 27 heavy (non-hydrogen) atoms. The van der Waals surface area contributed by atoms with Gasteiger partial charge in [0.05, 0.1) is 5.56 Å². The molecule has 1 amide bonds. The Kier molecular flexibility index (Phi) is 6.77. The number of carbonyl (C=O) groups excluding carboxylic acids is 2. The van der Waals surface area contributed by atoms with Crippen LogP contribution in [0.2, 0.25) is 0 Å². The molecule has 1 N–H and O–H groups in total. The van der Waals surface area contributed by atoms with Gasteiger partial charge in [-0.3, -0.25) is 9.59 Å². The van der Waals surface area contributed by atoms with Crippen molar-refractivity contribution in [3.63, 3.8) is 0 Å². The van der Waals surface area contributed by atoms with Crippen molar-refractivity contribution in [2.24, 2.45) is 0 Å². The molecular formula is C23H28N2O2. The molecule has 142 valence electrons. The Labute approximate surface area is 161 Å². The molecule has 0 aliphatic carbocycles. The lowest BCUT2D eigenvalue weighted by Gasteiger charge is -2.33. The van der Waals surface area contributed by atoms with Crippen LogP contribution in [0, 0.1) is 0 Å². The third kappa shape index (κ3) is 5.04. The maximum Gasteiger partial charge on any atom is 0.252 e. The normalized spacial score (nSPS) is 17.4. The van der Waals surface area contributed by atoms with Gasteiger partial charge in [0.2, 0.25) is 0 Å². The molecule has 1 atom stereocenters. The first-order chi connectivity index (χ1) is 13.2. The van der Waals surface area contributed by atoms with E-state index in [1.807, 2.05) is 18.2 Å². The molecule has 2 aromatic carbocycles. The number of nitrogens with one attached hydrogen (secondary N) is 1. The third-order valence-electron chi connectivity index (χ3n) is 5.30. The molecular weight excluding hydrogens is 336 g/mol. The molecule has 0 saturated carbocycles. The summed E-state index contributed by atoms with van der Waals surface area (Å²) >= 11 is 0. The van der Waals surface area contributed by atoms with E-state index >= 15 is 0 Å². The van der Waals surface area contributed by atoms with Gasteiger partial charge in [-0.1, -0.05) is 55.0 Å². The molecule has 1 aliphatic rings. The minimum Gasteiger partial charge on any atom is -0.352 e. The standard InChI is InChI=1S/C23H28N2O2/c1-18-10-7-8-16-25(18)17-9-15-24-23(27)21-14-6-5-13-20(21)22(26)19-11-3-2-4-12-19/h2-6,11-14,18H,7-10,15-17H2,1H3,(H,24,27)/t18-/m1/s1. The van der Waals surface area contributed by atoms with Crippen LogP contribution >= 0.6 is 0 Å². The van der Waals surface area contributed by atoms with E-state index in [0.29, 0.717) is 29.3 Å². The SMILES string of the molecule is C[C@@H]1CCCCN1CCCNC(=O)c1ccccc1C(=O)c1ccccc1. The highest BCUT2D eigenvalue weighted by atomic mass is 16.2. The van der Waals surface area contributed by atoms with Crippen LogP contribution in [0.3, 0.4) is 0 Å². The van der Waals surface area contributed by atoms with Crippen molar-refractivity contribution in [3.8, 4) is 0 Å². The van der Waals surface area contributed by atoms with Crippen LogP contribution in [-0.4, -0.2) is 42.3 Å². The second-order valence-electron chi connectivity index (χ2n) is 7.23. The molecule has 0 bridgehead atoms. The first-order valence-electron chi connectivity index (χ1n) is 9.88. The van der Waals surface area contributed by atoms with Crippen molar-refractivity contribution in [1.29, 1.82) is 0 Å². The summed E-state index contributed by atoms with van der Waals surface area (Å²) in [6, 6.07) is 16.8. The topological polar surface area (TPSA) is 49.4 Å². The van der Waals surface area contributed by atoms with Gasteiger partial charge >= 0.3 is 0 Å². The van der Waals surface area contributed by atoms with Gasteiger partial charge in [0.1, 0.15) is 0 Å². The van der Waals surface area contributed by atoms with Crippen LogP contribution in [-0.2, 0) is 0 Å². The Morgan fingerprint density at radius 1 is 1.00 bits per heavy atom. The quantitative estimate of drug-likeness (QED) is 0.598. The van der Waals surface area contributed by atoms with Gasteiger partial charge in [0, 0.05) is 30.3 Å². The summed E-state index contributed by atoms with van der Waals surface area (Å²) in [4.78, 5) is 27.9. The Morgan fingerprint density at radius 2 is 1.70 bits per heavy atom. The van der Waals surface area contributed by atoms with Gasteiger partial charge < -0.3 is 10.2 Å². The molecule has 0 unspecified atom stereocenters. The predicted molar refractivity (Wildman–Crippen MR) is 108 cm³/mol. The van der Waals surface area contributed by atoms with Crippen molar-refractivity contribution in [1.82, 2.24) is 10.2 Å². The van der Waals surface area contributed by atoms with Crippen molar-refractivity contribution >= 4 is 11.7 Å². The predicted octanol–water partition coefficient (Wildman–Crippen LogP) is 3.91. The van der Waals surface area contributed by atoms with E-state index in [-0.39, 0.29) is 11.7 Å². The van der Waals surface area contributed by atoms with Crippen LogP contribution in [0.1, 0.15) is 58.9 Å². The maximum absolute atomic E-state index is 12.8. The van der Waals surface area contributed by atoms with Crippen LogP contribution in [0.4, 0.5) is 0 Å². The first-order valence-corrected chi connectivity index (χ1v) is 9.88. The Hall–Kier alpha value is -2.46. The summed E-state index contributed by atoms with van der Waals surface area (Å²) < 4.78 is 0. The zero-order chi connectivity index (χ0) is 19.1. The molecule has 4 heteroatoms. The maximum atomic E-state index is 12.8. The molecule has 0 radical (unpaired) electrons. The number of likely N-dealkylation sites (tertiary alicyclic amines) is 1. The molecule has 0 spiro atoms. The summed E-state index contributed by atoms with van der Waals surface area (Å²) in [6.07, 6.45) is 4.78. The molecule has 4 nitrogen and oxygen atoms in total. The average Bonchev–Trinajstić information content (AvgIpc) is 2.72. The van der Waals surface area contributed by atoms with E-state index in [1.54, 1.807) is 36.4 Å². The van der Waals surface area contributed by atoms with E-state index < -0.39 is 0 Å². The van der Waals surface area contributed by atoms with E-state index in [2.05, 4.69) is 17.1 Å². The smallest absolute Gasteiger partial charge is 0.252 e. The molecule has 0 aromatic heterocycles. The molecule has 1 heterocycles. The Balaban J connectivity index is 1.58. The number of carbonyl (C=O) groups is 2. The summed E-state index contributed by atoms with van der Waals surface area (Å²) in [6.45, 7) is 5.06. The largest absolute Gasteiger partial charge is 0.352 e. The fraction of sp³-hybridized carbons (Fsp3) is 0.391. The molecule has 1 fully saturated rings. The van der Waals surface area contributed by atoms with Gasteiger partial charge in [-0.25, -0.2) is 0 Å². The van der Waals surface area contributed by atoms with Gasteiger partial charge in [-0.15, -0.1) is 0 Å². The fourth-order valence-electron chi connectivity index (χ4n) is 3.69. The Morgan fingerprint density at radius 3 is 2.44 bits per heavy atom. The van der Waals surface area contributed by atoms with E-state index in [9.17, 15) is 9.59 Å². The minimum atomic E-state index is -0.179. The van der Waals surface area contributed by atoms with E-state index in [0.717, 1.165) is 19.5 Å². The van der Waals surface area contributed by atoms with Crippen LogP contribution in [0.25, 0.3) is 0 Å². The summed E-state index contributed by atoms with van der Waals surface area (Å²) in [5.41, 5.74) is 1.49. The monoisotopic (exact) mass is 364 g/mol. The first kappa shape index (κ1) is 19.3. The number of amides is 1. The molecule has 2 aromatic rings. The highest BCUT2D eigenvalue weighted by Crippen LogP contribution is 2.17. The number of nitrogens with zero attached hydrogens (tertiary/aromatic N) is 1. The number of hydrogen-bond acceptors (Lipinski definition) is 3. The molecule has 1 saturated heterocycles. The molecule has 1 aliphatic heterocycles. The summed E-state index contributed by atoms with van der Waals surface area (Å²) in [7, 11) is 0. The second-order valence-corrected chi connectivity index (χ2v) is 7.23.